The molecular weight excluding hydrogens is 288 g/mol. The van der Waals surface area contributed by atoms with Crippen molar-refractivity contribution in [3.8, 4) is 5.75 Å². The quantitative estimate of drug-likeness (QED) is 0.638. The average molecular weight is 312 g/mol. The molecule has 6 heteroatoms. The molecule has 5 unspecified atom stereocenters. The summed E-state index contributed by atoms with van der Waals surface area (Å²) in [7, 11) is 0. The molecule has 22 heavy (non-hydrogen) atoms. The zero-order valence-electron chi connectivity index (χ0n) is 13.0. The molecule has 4 N–H and O–H groups in total. The van der Waals surface area contributed by atoms with Gasteiger partial charge in [-0.1, -0.05) is 26.0 Å². The van der Waals surface area contributed by atoms with E-state index in [-0.39, 0.29) is 0 Å². The van der Waals surface area contributed by atoms with Crippen LogP contribution >= 0.6 is 0 Å². The largest absolute Gasteiger partial charge is 0.462 e. The molecule has 1 heterocycles. The number of ether oxygens (including phenoxy) is 2. The minimum absolute atomic E-state index is 0.317. The molecule has 1 aromatic carbocycles. The maximum absolute atomic E-state index is 10.0. The van der Waals surface area contributed by atoms with Gasteiger partial charge in [-0.15, -0.1) is 0 Å². The van der Waals surface area contributed by atoms with Crippen LogP contribution in [0.3, 0.4) is 0 Å². The Balaban J connectivity index is 2.20. The lowest BCUT2D eigenvalue weighted by Gasteiger charge is -2.39. The Morgan fingerprint density at radius 2 is 1.82 bits per heavy atom. The Kier molecular flexibility index (Phi) is 5.41. The zero-order chi connectivity index (χ0) is 16.4. The van der Waals surface area contributed by atoms with Crippen LogP contribution < -0.4 is 4.74 Å². The molecule has 1 aliphatic heterocycles. The first-order valence-electron chi connectivity index (χ1n) is 7.43. The zero-order valence-corrected chi connectivity index (χ0v) is 13.0. The number of benzene rings is 1. The van der Waals surface area contributed by atoms with E-state index >= 15 is 0 Å². The SMILES string of the molecule is Cc1ccc(C(C)C)cc1OC1OC(CO)C(O)C(O)C1O. The number of hydrogen-bond donors (Lipinski definition) is 4. The van der Waals surface area contributed by atoms with Gasteiger partial charge in [0.05, 0.1) is 6.61 Å². The molecule has 1 fully saturated rings. The Labute approximate surface area is 129 Å². The fourth-order valence-electron chi connectivity index (χ4n) is 2.39. The van der Waals surface area contributed by atoms with Crippen molar-refractivity contribution in [3.05, 3.63) is 29.3 Å². The van der Waals surface area contributed by atoms with Gasteiger partial charge in [-0.25, -0.2) is 0 Å². The lowest BCUT2D eigenvalue weighted by molar-refractivity contribution is -0.277. The Hall–Kier alpha value is -1.18. The van der Waals surface area contributed by atoms with Crippen LogP contribution in [-0.2, 0) is 4.74 Å². The first kappa shape index (κ1) is 17.2. The van der Waals surface area contributed by atoms with Gasteiger partial charge in [-0.2, -0.15) is 0 Å². The van der Waals surface area contributed by atoms with Crippen LogP contribution in [0.2, 0.25) is 0 Å². The second-order valence-corrected chi connectivity index (χ2v) is 5.99. The van der Waals surface area contributed by atoms with Gasteiger partial charge in [-0.3, -0.25) is 0 Å². The van der Waals surface area contributed by atoms with Crippen molar-refractivity contribution in [2.75, 3.05) is 6.61 Å². The van der Waals surface area contributed by atoms with E-state index < -0.39 is 37.3 Å². The van der Waals surface area contributed by atoms with E-state index in [2.05, 4.69) is 13.8 Å². The van der Waals surface area contributed by atoms with E-state index in [9.17, 15) is 20.4 Å². The highest BCUT2D eigenvalue weighted by Crippen LogP contribution is 2.28. The third-order valence-corrected chi connectivity index (χ3v) is 3.97. The summed E-state index contributed by atoms with van der Waals surface area (Å²) in [6.07, 6.45) is -6.36. The number of aliphatic hydroxyl groups is 4. The summed E-state index contributed by atoms with van der Waals surface area (Å²) in [5.74, 6) is 0.855. The monoisotopic (exact) mass is 312 g/mol. The molecule has 0 aromatic heterocycles. The third kappa shape index (κ3) is 3.42. The third-order valence-electron chi connectivity index (χ3n) is 3.97. The summed E-state index contributed by atoms with van der Waals surface area (Å²) < 4.78 is 11.0. The van der Waals surface area contributed by atoms with Crippen LogP contribution in [0.15, 0.2) is 18.2 Å². The first-order chi connectivity index (χ1) is 10.3. The van der Waals surface area contributed by atoms with Crippen LogP contribution in [0.25, 0.3) is 0 Å². The van der Waals surface area contributed by atoms with Crippen molar-refractivity contribution in [1.29, 1.82) is 0 Å². The molecule has 0 spiro atoms. The van der Waals surface area contributed by atoms with Crippen LogP contribution in [-0.4, -0.2) is 57.7 Å². The van der Waals surface area contributed by atoms with Crippen LogP contribution in [0.1, 0.15) is 30.9 Å². The Morgan fingerprint density at radius 1 is 1.14 bits per heavy atom. The van der Waals surface area contributed by atoms with E-state index in [1.165, 1.54) is 0 Å². The maximum Gasteiger partial charge on any atom is 0.229 e. The van der Waals surface area contributed by atoms with Gasteiger partial charge in [0, 0.05) is 0 Å². The first-order valence-corrected chi connectivity index (χ1v) is 7.43. The summed E-state index contributed by atoms with van der Waals surface area (Å²) in [6.45, 7) is 5.50. The molecule has 1 aliphatic rings. The average Bonchev–Trinajstić information content (AvgIpc) is 2.49. The molecule has 2 rings (SSSR count). The molecule has 5 atom stereocenters. The van der Waals surface area contributed by atoms with Crippen LogP contribution in [0.4, 0.5) is 0 Å². The van der Waals surface area contributed by atoms with Gasteiger partial charge in [0.2, 0.25) is 6.29 Å². The summed E-state index contributed by atoms with van der Waals surface area (Å²) >= 11 is 0. The smallest absolute Gasteiger partial charge is 0.229 e. The van der Waals surface area contributed by atoms with Crippen molar-refractivity contribution < 1.29 is 29.9 Å². The minimum atomic E-state index is -1.44. The molecule has 124 valence electrons. The highest BCUT2D eigenvalue weighted by molar-refractivity contribution is 5.38. The molecule has 0 amide bonds. The Morgan fingerprint density at radius 3 is 2.41 bits per heavy atom. The summed E-state index contributed by atoms with van der Waals surface area (Å²) in [5, 5.41) is 38.7. The molecule has 0 saturated carbocycles. The van der Waals surface area contributed by atoms with Gasteiger partial charge in [0.1, 0.15) is 30.2 Å². The summed E-state index contributed by atoms with van der Waals surface area (Å²) in [6, 6.07) is 5.77. The van der Waals surface area contributed by atoms with Crippen LogP contribution in [0, 0.1) is 6.92 Å². The highest BCUT2D eigenvalue weighted by atomic mass is 16.7. The lowest BCUT2D eigenvalue weighted by Crippen LogP contribution is -2.60. The van der Waals surface area contributed by atoms with Crippen molar-refractivity contribution in [2.45, 2.75) is 57.4 Å². The van der Waals surface area contributed by atoms with Gasteiger partial charge in [-0.05, 0) is 30.0 Å². The maximum atomic E-state index is 10.0. The molecule has 0 aliphatic carbocycles. The van der Waals surface area contributed by atoms with Gasteiger partial charge in [0.15, 0.2) is 0 Å². The van der Waals surface area contributed by atoms with Crippen LogP contribution in [0.5, 0.6) is 5.75 Å². The van der Waals surface area contributed by atoms with E-state index in [0.717, 1.165) is 11.1 Å². The summed E-state index contributed by atoms with van der Waals surface area (Å²) in [5.41, 5.74) is 1.94. The topological polar surface area (TPSA) is 99.4 Å². The predicted molar refractivity (Wildman–Crippen MR) is 79.7 cm³/mol. The van der Waals surface area contributed by atoms with Gasteiger partial charge >= 0.3 is 0 Å². The number of hydrogen-bond acceptors (Lipinski definition) is 6. The fraction of sp³-hybridized carbons (Fsp3) is 0.625. The van der Waals surface area contributed by atoms with E-state index in [1.807, 2.05) is 25.1 Å². The second-order valence-electron chi connectivity index (χ2n) is 5.99. The van der Waals surface area contributed by atoms with E-state index in [0.29, 0.717) is 11.7 Å². The molecular formula is C16H24O6. The highest BCUT2D eigenvalue weighted by Gasteiger charge is 2.44. The van der Waals surface area contributed by atoms with Crippen molar-refractivity contribution in [2.24, 2.45) is 0 Å². The second kappa shape index (κ2) is 6.93. The van der Waals surface area contributed by atoms with E-state index in [1.54, 1.807) is 0 Å². The molecule has 0 bridgehead atoms. The Bertz CT molecular complexity index is 501. The van der Waals surface area contributed by atoms with Gasteiger partial charge in [0.25, 0.3) is 0 Å². The molecule has 6 nitrogen and oxygen atoms in total. The number of rotatable bonds is 4. The molecule has 1 saturated heterocycles. The number of aryl methyl sites for hydroxylation is 1. The molecule has 0 radical (unpaired) electrons. The normalized spacial score (nSPS) is 32.3. The minimum Gasteiger partial charge on any atom is -0.462 e. The van der Waals surface area contributed by atoms with E-state index in [4.69, 9.17) is 9.47 Å². The van der Waals surface area contributed by atoms with Crippen molar-refractivity contribution in [1.82, 2.24) is 0 Å². The van der Waals surface area contributed by atoms with Crippen molar-refractivity contribution >= 4 is 0 Å². The fourth-order valence-corrected chi connectivity index (χ4v) is 2.39. The lowest BCUT2D eigenvalue weighted by atomic mass is 9.99. The predicted octanol–water partition coefficient (Wildman–Crippen LogP) is 0.297. The van der Waals surface area contributed by atoms with Gasteiger partial charge < -0.3 is 29.9 Å². The van der Waals surface area contributed by atoms with Crippen molar-refractivity contribution in [3.63, 3.8) is 0 Å². The molecule has 1 aromatic rings. The number of aliphatic hydroxyl groups excluding tert-OH is 4. The summed E-state index contributed by atoms with van der Waals surface area (Å²) in [4.78, 5) is 0. The standard InChI is InChI=1S/C16H24O6/c1-8(2)10-5-4-9(3)11(6-10)21-16-15(20)14(19)13(18)12(7-17)22-16/h4-6,8,12-20H,7H2,1-3H3.